The molecule has 0 aliphatic carbocycles. The molecule has 1 fully saturated rings. The largest absolute Gasteiger partial charge is 0.342 e. The fourth-order valence-corrected chi connectivity index (χ4v) is 3.99. The first-order valence-corrected chi connectivity index (χ1v) is 10.1. The van der Waals surface area contributed by atoms with Crippen LogP contribution >= 0.6 is 0 Å². The molecule has 7 nitrogen and oxygen atoms in total. The number of nitrogens with zero attached hydrogens (tertiary/aromatic N) is 2. The second kappa shape index (κ2) is 8.49. The molecular weight excluding hydrogens is 382 g/mol. The molecule has 0 bridgehead atoms. The van der Waals surface area contributed by atoms with Crippen molar-refractivity contribution in [3.8, 4) is 0 Å². The van der Waals surface area contributed by atoms with Crippen LogP contribution in [-0.2, 0) is 9.59 Å². The molecule has 2 heterocycles. The van der Waals surface area contributed by atoms with Crippen LogP contribution in [0.3, 0.4) is 0 Å². The zero-order valence-corrected chi connectivity index (χ0v) is 16.5. The first-order chi connectivity index (χ1) is 14.5. The summed E-state index contributed by atoms with van der Waals surface area (Å²) in [5, 5.41) is 2.90. The minimum atomic E-state index is -0.359. The van der Waals surface area contributed by atoms with Crippen molar-refractivity contribution < 1.29 is 19.2 Å². The zero-order chi connectivity index (χ0) is 21.1. The Morgan fingerprint density at radius 2 is 1.57 bits per heavy atom. The van der Waals surface area contributed by atoms with E-state index in [1.807, 2.05) is 30.3 Å². The molecule has 2 aromatic rings. The Bertz CT molecular complexity index is 954. The number of anilines is 1. The third kappa shape index (κ3) is 3.96. The molecule has 0 unspecified atom stereocenters. The van der Waals surface area contributed by atoms with Gasteiger partial charge in [-0.1, -0.05) is 30.3 Å². The van der Waals surface area contributed by atoms with E-state index < -0.39 is 0 Å². The number of carbonyl (C=O) groups excluding carboxylic acids is 4. The second-order valence-electron chi connectivity index (χ2n) is 7.59. The van der Waals surface area contributed by atoms with Gasteiger partial charge in [0.05, 0.1) is 17.0 Å². The number of fused-ring (bicyclic) bond motifs is 1. The third-order valence-electron chi connectivity index (χ3n) is 5.61. The van der Waals surface area contributed by atoms with Crippen molar-refractivity contribution >= 4 is 29.3 Å². The van der Waals surface area contributed by atoms with E-state index in [0.29, 0.717) is 24.2 Å². The summed E-state index contributed by atoms with van der Waals surface area (Å²) in [7, 11) is 0. The van der Waals surface area contributed by atoms with Crippen molar-refractivity contribution in [3.63, 3.8) is 0 Å². The molecule has 154 valence electrons. The number of para-hydroxylation sites is 1. The summed E-state index contributed by atoms with van der Waals surface area (Å²) in [5.74, 6) is -1.24. The Hall–Kier alpha value is -3.48. The van der Waals surface area contributed by atoms with Gasteiger partial charge in [0, 0.05) is 31.7 Å². The van der Waals surface area contributed by atoms with E-state index in [-0.39, 0.29) is 42.5 Å². The Kier molecular flexibility index (Phi) is 5.61. The second-order valence-corrected chi connectivity index (χ2v) is 7.59. The Morgan fingerprint density at radius 1 is 0.933 bits per heavy atom. The van der Waals surface area contributed by atoms with Crippen LogP contribution in [0.5, 0.6) is 0 Å². The lowest BCUT2D eigenvalue weighted by atomic mass is 9.96. The number of hydrogen-bond donors (Lipinski definition) is 1. The van der Waals surface area contributed by atoms with Crippen LogP contribution in [0, 0.1) is 5.92 Å². The van der Waals surface area contributed by atoms with Gasteiger partial charge in [0.2, 0.25) is 11.8 Å². The lowest BCUT2D eigenvalue weighted by molar-refractivity contribution is -0.134. The van der Waals surface area contributed by atoms with Gasteiger partial charge in [0.15, 0.2) is 0 Å². The molecule has 1 N–H and O–H groups in total. The molecule has 2 aliphatic rings. The number of nitrogens with one attached hydrogen (secondary N) is 1. The molecule has 1 atom stereocenters. The third-order valence-corrected chi connectivity index (χ3v) is 5.61. The maximum atomic E-state index is 12.7. The Morgan fingerprint density at radius 3 is 2.23 bits per heavy atom. The average molecular weight is 405 g/mol. The van der Waals surface area contributed by atoms with Crippen LogP contribution in [-0.4, -0.2) is 53.1 Å². The van der Waals surface area contributed by atoms with Crippen LogP contribution in [0.15, 0.2) is 54.6 Å². The number of rotatable bonds is 5. The highest BCUT2D eigenvalue weighted by molar-refractivity contribution is 6.21. The van der Waals surface area contributed by atoms with Crippen molar-refractivity contribution in [1.82, 2.24) is 9.80 Å². The Labute approximate surface area is 174 Å². The number of likely N-dealkylation sites (tertiary alicyclic amines) is 1. The number of carbonyl (C=O) groups is 4. The van der Waals surface area contributed by atoms with E-state index in [0.717, 1.165) is 23.4 Å². The van der Waals surface area contributed by atoms with Crippen LogP contribution in [0.1, 0.15) is 40.0 Å². The number of imide groups is 1. The summed E-state index contributed by atoms with van der Waals surface area (Å²) in [6, 6.07) is 15.9. The highest BCUT2D eigenvalue weighted by atomic mass is 16.2. The number of benzene rings is 2. The fraction of sp³-hybridized carbons (Fsp3) is 0.304. The van der Waals surface area contributed by atoms with Gasteiger partial charge in [0.1, 0.15) is 0 Å². The summed E-state index contributed by atoms with van der Waals surface area (Å²) in [4.78, 5) is 53.0. The summed E-state index contributed by atoms with van der Waals surface area (Å²) >= 11 is 0. The quantitative estimate of drug-likeness (QED) is 0.775. The predicted molar refractivity (Wildman–Crippen MR) is 111 cm³/mol. The van der Waals surface area contributed by atoms with Crippen molar-refractivity contribution in [2.24, 2.45) is 5.92 Å². The Balaban J connectivity index is 1.32. The SMILES string of the molecule is O=C(Nc1ccccc1)[C@H]1CCCN(C(=O)CCN2C(=O)c3ccccc3C2=O)C1. The molecule has 2 aromatic carbocycles. The number of hydrogen-bond acceptors (Lipinski definition) is 4. The van der Waals surface area contributed by atoms with Gasteiger partial charge in [-0.2, -0.15) is 0 Å². The van der Waals surface area contributed by atoms with Crippen LogP contribution in [0.4, 0.5) is 5.69 Å². The van der Waals surface area contributed by atoms with Gasteiger partial charge < -0.3 is 10.2 Å². The number of amides is 4. The zero-order valence-electron chi connectivity index (χ0n) is 16.5. The molecule has 2 aliphatic heterocycles. The van der Waals surface area contributed by atoms with Gasteiger partial charge in [-0.25, -0.2) is 0 Å². The first kappa shape index (κ1) is 19.8. The van der Waals surface area contributed by atoms with E-state index in [1.165, 1.54) is 0 Å². The van der Waals surface area contributed by atoms with E-state index in [1.54, 1.807) is 29.2 Å². The molecule has 0 spiro atoms. The van der Waals surface area contributed by atoms with Gasteiger partial charge in [0.25, 0.3) is 11.8 Å². The van der Waals surface area contributed by atoms with Gasteiger partial charge in [-0.3, -0.25) is 24.1 Å². The van der Waals surface area contributed by atoms with E-state index >= 15 is 0 Å². The van der Waals surface area contributed by atoms with Crippen LogP contribution in [0.25, 0.3) is 0 Å². The maximum absolute atomic E-state index is 12.7. The van der Waals surface area contributed by atoms with Gasteiger partial charge in [-0.05, 0) is 37.1 Å². The van der Waals surface area contributed by atoms with E-state index in [2.05, 4.69) is 5.32 Å². The molecule has 0 saturated carbocycles. The van der Waals surface area contributed by atoms with Gasteiger partial charge >= 0.3 is 0 Å². The van der Waals surface area contributed by atoms with Crippen molar-refractivity contribution in [2.45, 2.75) is 19.3 Å². The predicted octanol–water partition coefficient (Wildman–Crippen LogP) is 2.55. The maximum Gasteiger partial charge on any atom is 0.261 e. The summed E-state index contributed by atoms with van der Waals surface area (Å²) in [6.45, 7) is 0.970. The minimum absolute atomic E-state index is 0.0442. The highest BCUT2D eigenvalue weighted by Gasteiger charge is 2.36. The molecule has 4 amide bonds. The molecule has 30 heavy (non-hydrogen) atoms. The molecular formula is C23H23N3O4. The van der Waals surface area contributed by atoms with E-state index in [9.17, 15) is 19.2 Å². The summed E-state index contributed by atoms with van der Waals surface area (Å²) in [5.41, 5.74) is 1.49. The molecule has 7 heteroatoms. The molecule has 1 saturated heterocycles. The van der Waals surface area contributed by atoms with Crippen molar-refractivity contribution in [3.05, 3.63) is 65.7 Å². The standard InChI is InChI=1S/C23H23N3O4/c27-20(12-14-26-22(29)18-10-4-5-11-19(18)23(26)30)25-13-6-7-16(15-25)21(28)24-17-8-2-1-3-9-17/h1-5,8-11,16H,6-7,12-15H2,(H,24,28)/t16-/m0/s1. The molecule has 4 rings (SSSR count). The topological polar surface area (TPSA) is 86.8 Å². The first-order valence-electron chi connectivity index (χ1n) is 10.1. The van der Waals surface area contributed by atoms with Gasteiger partial charge in [-0.15, -0.1) is 0 Å². The average Bonchev–Trinajstić information content (AvgIpc) is 3.03. The highest BCUT2D eigenvalue weighted by Crippen LogP contribution is 2.23. The van der Waals surface area contributed by atoms with Crippen LogP contribution in [0.2, 0.25) is 0 Å². The van der Waals surface area contributed by atoms with E-state index in [4.69, 9.17) is 0 Å². The lowest BCUT2D eigenvalue weighted by Gasteiger charge is -2.32. The number of piperidine rings is 1. The van der Waals surface area contributed by atoms with Crippen molar-refractivity contribution in [1.29, 1.82) is 0 Å². The summed E-state index contributed by atoms with van der Waals surface area (Å²) < 4.78 is 0. The fourth-order valence-electron chi connectivity index (χ4n) is 3.99. The lowest BCUT2D eigenvalue weighted by Crippen LogP contribution is -2.45. The molecule has 0 aromatic heterocycles. The minimum Gasteiger partial charge on any atom is -0.342 e. The monoisotopic (exact) mass is 405 g/mol. The molecule has 0 radical (unpaired) electrons. The van der Waals surface area contributed by atoms with Crippen LogP contribution < -0.4 is 5.32 Å². The van der Waals surface area contributed by atoms with Crippen molar-refractivity contribution in [2.75, 3.05) is 25.0 Å². The summed E-state index contributed by atoms with van der Waals surface area (Å²) in [6.07, 6.45) is 1.52. The normalized spacial score (nSPS) is 18.3. The smallest absolute Gasteiger partial charge is 0.261 e.